The van der Waals surface area contributed by atoms with Crippen LogP contribution in [-0.2, 0) is 0 Å². The van der Waals surface area contributed by atoms with Gasteiger partial charge in [-0.1, -0.05) is 38.4 Å². The Balaban J connectivity index is 2.76. The smallest absolute Gasteiger partial charge is 0.323 e. The molecule has 0 bridgehead atoms. The Hall–Kier alpha value is -1.68. The maximum atomic E-state index is 11.8. The van der Waals surface area contributed by atoms with Crippen molar-refractivity contribution in [3.8, 4) is 5.75 Å². The normalized spacial score (nSPS) is 11.5. The van der Waals surface area contributed by atoms with Crippen LogP contribution in [0.2, 0.25) is 5.02 Å². The van der Waals surface area contributed by atoms with Crippen LogP contribution in [0.5, 0.6) is 5.75 Å². The lowest BCUT2D eigenvalue weighted by molar-refractivity contribution is 0.255. The van der Waals surface area contributed by atoms with Gasteiger partial charge in [0.2, 0.25) is 0 Å². The van der Waals surface area contributed by atoms with Crippen molar-refractivity contribution in [3.05, 3.63) is 35.0 Å². The van der Waals surface area contributed by atoms with Gasteiger partial charge in [-0.3, -0.25) is 0 Å². The van der Waals surface area contributed by atoms with E-state index in [1.807, 2.05) is 13.0 Å². The third kappa shape index (κ3) is 5.13. The van der Waals surface area contributed by atoms with E-state index in [2.05, 4.69) is 31.4 Å². The Morgan fingerprint density at radius 1 is 1.35 bits per heavy atom. The third-order valence-corrected chi connectivity index (χ3v) is 2.93. The van der Waals surface area contributed by atoms with E-state index in [-0.39, 0.29) is 11.4 Å². The average molecular weight is 297 g/mol. The molecule has 0 saturated heterocycles. The minimum atomic E-state index is -0.328. The molecule has 0 atom stereocenters. The van der Waals surface area contributed by atoms with Crippen molar-refractivity contribution in [1.29, 1.82) is 0 Å². The predicted molar refractivity (Wildman–Crippen MR) is 83.5 cm³/mol. The quantitative estimate of drug-likeness (QED) is 0.872. The van der Waals surface area contributed by atoms with Crippen LogP contribution in [0.3, 0.4) is 0 Å². The molecule has 0 spiro atoms. The molecule has 0 aromatic heterocycles. The SMILES string of the molecule is COc1cc(Cl)c(C)cc1NC(=O)N/C=C/C(C)(C)C. The fourth-order valence-corrected chi connectivity index (χ4v) is 1.61. The first kappa shape index (κ1) is 16.4. The summed E-state index contributed by atoms with van der Waals surface area (Å²) in [6.07, 6.45) is 3.54. The largest absolute Gasteiger partial charge is 0.495 e. The molecule has 0 heterocycles. The number of hydrogen-bond donors (Lipinski definition) is 2. The Morgan fingerprint density at radius 3 is 2.55 bits per heavy atom. The van der Waals surface area contributed by atoms with Gasteiger partial charge in [-0.15, -0.1) is 0 Å². The van der Waals surface area contributed by atoms with E-state index in [0.717, 1.165) is 5.56 Å². The second-order valence-corrected chi connectivity index (χ2v) is 6.01. The first-order chi connectivity index (χ1) is 9.23. The van der Waals surface area contributed by atoms with Crippen LogP contribution in [0, 0.1) is 12.3 Å². The van der Waals surface area contributed by atoms with Gasteiger partial charge in [0.15, 0.2) is 0 Å². The Kier molecular flexibility index (Phi) is 5.45. The number of urea groups is 1. The highest BCUT2D eigenvalue weighted by molar-refractivity contribution is 6.31. The van der Waals surface area contributed by atoms with Crippen molar-refractivity contribution < 1.29 is 9.53 Å². The van der Waals surface area contributed by atoms with E-state index in [9.17, 15) is 4.79 Å². The second-order valence-electron chi connectivity index (χ2n) is 5.60. The van der Waals surface area contributed by atoms with Gasteiger partial charge in [0.1, 0.15) is 5.75 Å². The summed E-state index contributed by atoms with van der Waals surface area (Å²) in [6.45, 7) is 8.02. The van der Waals surface area contributed by atoms with Crippen molar-refractivity contribution in [1.82, 2.24) is 5.32 Å². The lowest BCUT2D eigenvalue weighted by Gasteiger charge is -2.13. The summed E-state index contributed by atoms with van der Waals surface area (Å²) in [5.74, 6) is 0.524. The Morgan fingerprint density at radius 2 is 2.00 bits per heavy atom. The van der Waals surface area contributed by atoms with Crippen LogP contribution in [0.1, 0.15) is 26.3 Å². The molecule has 0 radical (unpaired) electrons. The molecule has 2 amide bonds. The first-order valence-corrected chi connectivity index (χ1v) is 6.70. The van der Waals surface area contributed by atoms with Crippen molar-refractivity contribution in [2.24, 2.45) is 5.41 Å². The maximum absolute atomic E-state index is 11.8. The monoisotopic (exact) mass is 296 g/mol. The summed E-state index contributed by atoms with van der Waals surface area (Å²) in [5.41, 5.74) is 1.46. The molecule has 20 heavy (non-hydrogen) atoms. The fraction of sp³-hybridized carbons (Fsp3) is 0.400. The summed E-state index contributed by atoms with van der Waals surface area (Å²) >= 11 is 6.02. The molecule has 2 N–H and O–H groups in total. The molecular formula is C15H21ClN2O2. The van der Waals surface area contributed by atoms with Gasteiger partial charge in [-0.2, -0.15) is 0 Å². The molecule has 0 aliphatic heterocycles. The number of allylic oxidation sites excluding steroid dienone is 1. The summed E-state index contributed by atoms with van der Waals surface area (Å²) in [4.78, 5) is 11.8. The van der Waals surface area contributed by atoms with Gasteiger partial charge in [-0.25, -0.2) is 4.79 Å². The Bertz CT molecular complexity index is 519. The summed E-state index contributed by atoms with van der Waals surface area (Å²) in [7, 11) is 1.53. The first-order valence-electron chi connectivity index (χ1n) is 6.32. The molecule has 0 fully saturated rings. The molecule has 0 saturated carbocycles. The number of anilines is 1. The molecular weight excluding hydrogens is 276 g/mol. The molecule has 110 valence electrons. The molecule has 1 aromatic rings. The molecule has 5 heteroatoms. The summed E-state index contributed by atoms with van der Waals surface area (Å²) in [6, 6.07) is 3.12. The van der Waals surface area contributed by atoms with E-state index >= 15 is 0 Å². The van der Waals surface area contributed by atoms with Gasteiger partial charge in [0.05, 0.1) is 12.8 Å². The molecule has 1 aromatic carbocycles. The van der Waals surface area contributed by atoms with Gasteiger partial charge in [-0.05, 0) is 24.0 Å². The minimum absolute atomic E-state index is 0.0157. The second kappa shape index (κ2) is 6.66. The van der Waals surface area contributed by atoms with Crippen molar-refractivity contribution in [2.45, 2.75) is 27.7 Å². The molecule has 4 nitrogen and oxygen atoms in total. The van der Waals surface area contributed by atoms with E-state index in [4.69, 9.17) is 16.3 Å². The summed E-state index contributed by atoms with van der Waals surface area (Å²) < 4.78 is 5.20. The summed E-state index contributed by atoms with van der Waals surface area (Å²) in [5, 5.41) is 5.98. The molecule has 0 aliphatic rings. The fourth-order valence-electron chi connectivity index (χ4n) is 1.46. The number of amides is 2. The third-order valence-electron chi connectivity index (χ3n) is 2.53. The lowest BCUT2D eigenvalue weighted by atomic mass is 9.97. The number of carbonyl (C=O) groups is 1. The van der Waals surface area contributed by atoms with Crippen LogP contribution < -0.4 is 15.4 Å². The minimum Gasteiger partial charge on any atom is -0.495 e. The average Bonchev–Trinajstić information content (AvgIpc) is 2.31. The number of halogens is 1. The molecule has 0 aliphatic carbocycles. The number of benzene rings is 1. The van der Waals surface area contributed by atoms with Crippen LogP contribution >= 0.6 is 11.6 Å². The predicted octanol–water partition coefficient (Wildman–Crippen LogP) is 4.34. The highest BCUT2D eigenvalue weighted by atomic mass is 35.5. The molecule has 1 rings (SSSR count). The van der Waals surface area contributed by atoms with E-state index in [1.54, 1.807) is 18.3 Å². The van der Waals surface area contributed by atoms with Gasteiger partial charge >= 0.3 is 6.03 Å². The number of aryl methyl sites for hydroxylation is 1. The number of methoxy groups -OCH3 is 1. The van der Waals surface area contributed by atoms with Gasteiger partial charge < -0.3 is 15.4 Å². The van der Waals surface area contributed by atoms with Gasteiger partial charge in [0.25, 0.3) is 0 Å². The van der Waals surface area contributed by atoms with Crippen molar-refractivity contribution in [3.63, 3.8) is 0 Å². The zero-order valence-electron chi connectivity index (χ0n) is 12.5. The number of ether oxygens (including phenoxy) is 1. The van der Waals surface area contributed by atoms with Crippen LogP contribution in [0.25, 0.3) is 0 Å². The van der Waals surface area contributed by atoms with Crippen LogP contribution in [-0.4, -0.2) is 13.1 Å². The van der Waals surface area contributed by atoms with Crippen molar-refractivity contribution in [2.75, 3.05) is 12.4 Å². The van der Waals surface area contributed by atoms with E-state index in [1.165, 1.54) is 7.11 Å². The van der Waals surface area contributed by atoms with E-state index in [0.29, 0.717) is 16.5 Å². The number of hydrogen-bond acceptors (Lipinski definition) is 2. The zero-order valence-corrected chi connectivity index (χ0v) is 13.3. The Labute approximate surface area is 125 Å². The zero-order chi connectivity index (χ0) is 15.3. The van der Waals surface area contributed by atoms with Gasteiger partial charge in [0, 0.05) is 17.3 Å². The van der Waals surface area contributed by atoms with Crippen LogP contribution in [0.4, 0.5) is 10.5 Å². The number of nitrogens with one attached hydrogen (secondary N) is 2. The van der Waals surface area contributed by atoms with E-state index < -0.39 is 0 Å². The van der Waals surface area contributed by atoms with Crippen LogP contribution in [0.15, 0.2) is 24.4 Å². The standard InChI is InChI=1S/C15H21ClN2O2/c1-10-8-12(13(20-5)9-11(10)16)18-14(19)17-7-6-15(2,3)4/h6-9H,1-5H3,(H2,17,18,19)/b7-6+. The molecule has 0 unspecified atom stereocenters. The lowest BCUT2D eigenvalue weighted by Crippen LogP contribution is -2.24. The highest BCUT2D eigenvalue weighted by Gasteiger charge is 2.10. The number of carbonyl (C=O) groups excluding carboxylic acids is 1. The maximum Gasteiger partial charge on any atom is 0.323 e. The number of rotatable bonds is 3. The highest BCUT2D eigenvalue weighted by Crippen LogP contribution is 2.30. The van der Waals surface area contributed by atoms with Crippen molar-refractivity contribution >= 4 is 23.3 Å². The topological polar surface area (TPSA) is 50.4 Å².